The fourth-order valence-electron chi connectivity index (χ4n) is 2.26. The van der Waals surface area contributed by atoms with E-state index < -0.39 is 11.7 Å². The van der Waals surface area contributed by atoms with E-state index >= 15 is 0 Å². The average Bonchev–Trinajstić information content (AvgIpc) is 3.11. The van der Waals surface area contributed by atoms with Crippen molar-refractivity contribution < 1.29 is 14.6 Å². The monoisotopic (exact) mass is 292 g/mol. The van der Waals surface area contributed by atoms with E-state index in [9.17, 15) is 9.90 Å². The number of phenols is 1. The molecule has 0 heterocycles. The molecule has 0 spiro atoms. The molecule has 2 rings (SSSR count). The Morgan fingerprint density at radius 3 is 2.57 bits per heavy atom. The second-order valence-electron chi connectivity index (χ2n) is 6.69. The van der Waals surface area contributed by atoms with E-state index in [0.717, 1.165) is 24.8 Å². The number of carbonyl (C=O) groups excluding carboxylic acids is 1. The van der Waals surface area contributed by atoms with Crippen LogP contribution in [-0.4, -0.2) is 29.4 Å². The lowest BCUT2D eigenvalue weighted by Crippen LogP contribution is -2.29. The molecule has 0 aromatic heterocycles. The molecule has 116 valence electrons. The highest BCUT2D eigenvalue weighted by Gasteiger charge is 2.40. The smallest absolute Gasteiger partial charge is 0.412 e. The summed E-state index contributed by atoms with van der Waals surface area (Å²) in [6.07, 6.45) is 2.62. The number of rotatable bonds is 4. The van der Waals surface area contributed by atoms with Crippen molar-refractivity contribution in [3.63, 3.8) is 0 Å². The van der Waals surface area contributed by atoms with Crippen LogP contribution in [0.5, 0.6) is 5.75 Å². The van der Waals surface area contributed by atoms with Gasteiger partial charge >= 0.3 is 6.09 Å². The van der Waals surface area contributed by atoms with Crippen molar-refractivity contribution in [2.75, 3.05) is 12.4 Å². The Labute approximate surface area is 125 Å². The molecule has 0 bridgehead atoms. The van der Waals surface area contributed by atoms with Crippen LogP contribution >= 0.6 is 0 Å². The van der Waals surface area contributed by atoms with Crippen LogP contribution in [0.4, 0.5) is 10.5 Å². The Morgan fingerprint density at radius 2 is 2.05 bits per heavy atom. The molecule has 1 saturated carbocycles. The quantitative estimate of drug-likeness (QED) is 0.746. The number of anilines is 1. The first kappa shape index (κ1) is 15.6. The molecule has 21 heavy (non-hydrogen) atoms. The molecule has 3 N–H and O–H groups in total. The van der Waals surface area contributed by atoms with Gasteiger partial charge in [-0.2, -0.15) is 0 Å². The normalized spacial score (nSPS) is 16.4. The van der Waals surface area contributed by atoms with E-state index in [1.807, 2.05) is 13.1 Å². The van der Waals surface area contributed by atoms with Gasteiger partial charge in [-0.3, -0.25) is 5.32 Å². The Balaban J connectivity index is 2.07. The molecule has 0 atom stereocenters. The Hall–Kier alpha value is -1.75. The fourth-order valence-corrected chi connectivity index (χ4v) is 2.26. The van der Waals surface area contributed by atoms with Crippen molar-refractivity contribution >= 4 is 11.8 Å². The zero-order valence-corrected chi connectivity index (χ0v) is 13.1. The third-order valence-electron chi connectivity index (χ3n) is 3.62. The van der Waals surface area contributed by atoms with Crippen molar-refractivity contribution in [2.24, 2.45) is 0 Å². The Bertz CT molecular complexity index is 531. The minimum absolute atomic E-state index is 0.0407. The number of aromatic hydroxyl groups is 1. The maximum atomic E-state index is 11.8. The van der Waals surface area contributed by atoms with E-state index in [1.165, 1.54) is 0 Å². The summed E-state index contributed by atoms with van der Waals surface area (Å²) in [7, 11) is 1.97. The number of nitrogens with one attached hydrogen (secondary N) is 2. The standard InChI is InChI=1S/C16H24N2O3/c1-15(2,3)21-14(20)18-12-9-11(5-6-13(12)19)10-16(17-4)7-8-16/h5-6,9,17,19H,7-8,10H2,1-4H3,(H,18,20). The predicted octanol–water partition coefficient (Wildman–Crippen LogP) is 3.03. The Morgan fingerprint density at radius 1 is 1.38 bits per heavy atom. The summed E-state index contributed by atoms with van der Waals surface area (Å²) in [4.78, 5) is 11.8. The fraction of sp³-hybridized carbons (Fsp3) is 0.562. The highest BCUT2D eigenvalue weighted by Crippen LogP contribution is 2.39. The first-order chi connectivity index (χ1) is 9.73. The van der Waals surface area contributed by atoms with Crippen LogP contribution in [0.3, 0.4) is 0 Å². The van der Waals surface area contributed by atoms with Crippen LogP contribution in [-0.2, 0) is 11.2 Å². The lowest BCUT2D eigenvalue weighted by atomic mass is 10.0. The van der Waals surface area contributed by atoms with Gasteiger partial charge in [-0.1, -0.05) is 6.07 Å². The van der Waals surface area contributed by atoms with Crippen LogP contribution in [0.1, 0.15) is 39.2 Å². The molecule has 1 aromatic carbocycles. The van der Waals surface area contributed by atoms with Crippen molar-refractivity contribution in [1.29, 1.82) is 0 Å². The van der Waals surface area contributed by atoms with Gasteiger partial charge < -0.3 is 15.2 Å². The summed E-state index contributed by atoms with van der Waals surface area (Å²) >= 11 is 0. The maximum absolute atomic E-state index is 11.8. The summed E-state index contributed by atoms with van der Waals surface area (Å²) in [5, 5.41) is 15.8. The molecule has 5 heteroatoms. The number of benzene rings is 1. The predicted molar refractivity (Wildman–Crippen MR) is 82.7 cm³/mol. The van der Waals surface area contributed by atoms with Gasteiger partial charge in [0, 0.05) is 5.54 Å². The van der Waals surface area contributed by atoms with Crippen molar-refractivity contribution in [1.82, 2.24) is 5.32 Å². The average molecular weight is 292 g/mol. The highest BCUT2D eigenvalue weighted by molar-refractivity contribution is 5.87. The topological polar surface area (TPSA) is 70.6 Å². The lowest BCUT2D eigenvalue weighted by Gasteiger charge is -2.20. The van der Waals surface area contributed by atoms with Gasteiger partial charge in [0.05, 0.1) is 5.69 Å². The molecule has 5 nitrogen and oxygen atoms in total. The van der Waals surface area contributed by atoms with Gasteiger partial charge in [-0.05, 0) is 64.8 Å². The molecular formula is C16H24N2O3. The lowest BCUT2D eigenvalue weighted by molar-refractivity contribution is 0.0635. The van der Waals surface area contributed by atoms with Crippen LogP contribution in [0.25, 0.3) is 0 Å². The Kier molecular flexibility index (Phi) is 4.14. The van der Waals surface area contributed by atoms with E-state index in [4.69, 9.17) is 4.74 Å². The van der Waals surface area contributed by atoms with Crippen molar-refractivity contribution in [3.8, 4) is 5.75 Å². The number of likely N-dealkylation sites (N-methyl/N-ethyl adjacent to an activating group) is 1. The van der Waals surface area contributed by atoms with Gasteiger partial charge in [0.2, 0.25) is 0 Å². The second kappa shape index (κ2) is 5.56. The number of ether oxygens (including phenoxy) is 1. The molecule has 0 saturated heterocycles. The van der Waals surface area contributed by atoms with E-state index in [2.05, 4.69) is 10.6 Å². The van der Waals surface area contributed by atoms with Crippen LogP contribution < -0.4 is 10.6 Å². The number of phenolic OH excluding ortho intramolecular Hbond substituents is 1. The van der Waals surface area contributed by atoms with Crippen molar-refractivity contribution in [3.05, 3.63) is 23.8 Å². The number of hydrogen-bond donors (Lipinski definition) is 3. The molecule has 1 fully saturated rings. The minimum atomic E-state index is -0.568. The van der Waals surface area contributed by atoms with Gasteiger partial charge in [0.1, 0.15) is 11.4 Å². The van der Waals surface area contributed by atoms with E-state index in [-0.39, 0.29) is 11.3 Å². The largest absolute Gasteiger partial charge is 0.506 e. The number of carbonyl (C=O) groups is 1. The maximum Gasteiger partial charge on any atom is 0.412 e. The van der Waals surface area contributed by atoms with Gasteiger partial charge in [0.15, 0.2) is 0 Å². The highest BCUT2D eigenvalue weighted by atomic mass is 16.6. The van der Waals surface area contributed by atoms with Crippen LogP contribution in [0.2, 0.25) is 0 Å². The van der Waals surface area contributed by atoms with E-state index in [0.29, 0.717) is 5.69 Å². The summed E-state index contributed by atoms with van der Waals surface area (Å²) in [6, 6.07) is 5.29. The molecule has 1 aliphatic rings. The molecule has 1 aromatic rings. The van der Waals surface area contributed by atoms with Crippen molar-refractivity contribution in [2.45, 2.75) is 51.2 Å². The molecule has 0 radical (unpaired) electrons. The van der Waals surface area contributed by atoms with Gasteiger partial charge in [0.25, 0.3) is 0 Å². The molecular weight excluding hydrogens is 268 g/mol. The van der Waals surface area contributed by atoms with Gasteiger partial charge in [-0.15, -0.1) is 0 Å². The first-order valence-electron chi connectivity index (χ1n) is 7.24. The third kappa shape index (κ3) is 4.36. The second-order valence-corrected chi connectivity index (χ2v) is 6.69. The zero-order chi connectivity index (χ0) is 15.7. The summed E-state index contributed by atoms with van der Waals surface area (Å²) in [6.45, 7) is 5.39. The summed E-state index contributed by atoms with van der Waals surface area (Å²) < 4.78 is 5.20. The van der Waals surface area contributed by atoms with E-state index in [1.54, 1.807) is 32.9 Å². The summed E-state index contributed by atoms with van der Waals surface area (Å²) in [5.74, 6) is 0.0407. The number of hydrogen-bond acceptors (Lipinski definition) is 4. The first-order valence-corrected chi connectivity index (χ1v) is 7.24. The third-order valence-corrected chi connectivity index (χ3v) is 3.62. The zero-order valence-electron chi connectivity index (χ0n) is 13.1. The molecule has 0 unspecified atom stereocenters. The molecule has 1 aliphatic carbocycles. The van der Waals surface area contributed by atoms with Crippen LogP contribution in [0, 0.1) is 0 Å². The number of amides is 1. The SMILES string of the molecule is CNC1(Cc2ccc(O)c(NC(=O)OC(C)(C)C)c2)CC1. The summed E-state index contributed by atoms with van der Waals surface area (Å²) in [5.41, 5.74) is 1.07. The van der Waals surface area contributed by atoms with Crippen LogP contribution in [0.15, 0.2) is 18.2 Å². The molecule has 0 aliphatic heterocycles. The minimum Gasteiger partial charge on any atom is -0.506 e. The molecule has 1 amide bonds. The van der Waals surface area contributed by atoms with Gasteiger partial charge in [-0.25, -0.2) is 4.79 Å².